The maximum atomic E-state index is 14.7. The number of anilines is 2. The van der Waals surface area contributed by atoms with Gasteiger partial charge in [0, 0.05) is 41.9 Å². The second-order valence-electron chi connectivity index (χ2n) is 9.84. The van der Waals surface area contributed by atoms with Gasteiger partial charge in [0.15, 0.2) is 11.6 Å². The predicted octanol–water partition coefficient (Wildman–Crippen LogP) is 4.63. The summed E-state index contributed by atoms with van der Waals surface area (Å²) in [7, 11) is -4.55. The van der Waals surface area contributed by atoms with Crippen LogP contribution in [0.1, 0.15) is 34.5 Å². The molecule has 5 heterocycles. The fourth-order valence-corrected chi connectivity index (χ4v) is 6.43. The van der Waals surface area contributed by atoms with Crippen LogP contribution in [-0.4, -0.2) is 54.5 Å². The molecule has 0 saturated heterocycles. The highest BCUT2D eigenvalue weighted by Gasteiger charge is 2.35. The molecule has 224 valence electrons. The molecule has 0 saturated carbocycles. The molecule has 0 fully saturated rings. The normalized spacial score (nSPS) is 17.5. The van der Waals surface area contributed by atoms with Gasteiger partial charge in [0.1, 0.15) is 22.3 Å². The Hall–Kier alpha value is -4.53. The zero-order chi connectivity index (χ0) is 30.3. The van der Waals surface area contributed by atoms with Crippen LogP contribution in [0.3, 0.4) is 0 Å². The molecule has 0 bridgehead atoms. The molecule has 43 heavy (non-hydrogen) atoms. The fourth-order valence-electron chi connectivity index (χ4n) is 5.05. The van der Waals surface area contributed by atoms with Crippen LogP contribution in [0.5, 0.6) is 11.5 Å². The van der Waals surface area contributed by atoms with Crippen LogP contribution in [0.25, 0.3) is 10.9 Å². The van der Waals surface area contributed by atoms with E-state index in [1.165, 1.54) is 12.3 Å². The molecule has 1 amide bonds. The Labute approximate surface area is 242 Å². The smallest absolute Gasteiger partial charge is 0.387 e. The van der Waals surface area contributed by atoms with Crippen LogP contribution in [-0.2, 0) is 22.8 Å². The minimum Gasteiger partial charge on any atom is -0.489 e. The van der Waals surface area contributed by atoms with Crippen molar-refractivity contribution in [2.75, 3.05) is 18.1 Å². The van der Waals surface area contributed by atoms with Gasteiger partial charge in [-0.3, -0.25) is 9.78 Å². The van der Waals surface area contributed by atoms with Crippen LogP contribution in [0, 0.1) is 5.82 Å². The molecule has 0 radical (unpaired) electrons. The number of carbonyl (C=O) groups is 1. The number of alkyl halides is 3. The number of fused-ring (bicyclic) bond motifs is 3. The van der Waals surface area contributed by atoms with Crippen LogP contribution in [0.2, 0.25) is 0 Å². The van der Waals surface area contributed by atoms with E-state index >= 15 is 0 Å². The Kier molecular flexibility index (Phi) is 7.50. The number of nitrogens with one attached hydrogen (secondary N) is 1. The summed E-state index contributed by atoms with van der Waals surface area (Å²) in [6.45, 7) is -2.86. The van der Waals surface area contributed by atoms with Crippen molar-refractivity contribution in [1.29, 1.82) is 0 Å². The molecule has 0 aliphatic carbocycles. The molecular weight excluding hydrogens is 594 g/mol. The summed E-state index contributed by atoms with van der Waals surface area (Å²) in [5.74, 6) is -1.46. The fraction of sp³-hybridized carbons (Fsp3) is 0.286. The first kappa shape index (κ1) is 28.6. The third-order valence-corrected chi connectivity index (χ3v) is 8.92. The first-order valence-corrected chi connectivity index (χ1v) is 14.7. The second kappa shape index (κ2) is 11.3. The summed E-state index contributed by atoms with van der Waals surface area (Å²) in [5.41, 5.74) is -1.13. The lowest BCUT2D eigenvalue weighted by molar-refractivity contribution is -0.0505. The highest BCUT2D eigenvalue weighted by Crippen LogP contribution is 2.37. The highest BCUT2D eigenvalue weighted by molar-refractivity contribution is 7.92. The third kappa shape index (κ3) is 5.51. The second-order valence-corrected chi connectivity index (χ2v) is 11.9. The Balaban J connectivity index is 1.23. The zero-order valence-electron chi connectivity index (χ0n) is 22.3. The number of halogens is 4. The molecule has 1 N–H and O–H groups in total. The largest absolute Gasteiger partial charge is 0.489 e. The standard InChI is InChI=1S/C28H23F4N5O5S/c29-19-10-16(11-22-25(19)41-9-6-23(30)43(22,39)40)27(38)35-14-17-12-20-15(13-34-17)3-4-24(36-20)37-8-1-2-18-21(42-28(31)32)5-7-33-26(18)37/h3-5,7,10-13,23,28H,1-2,6,8-9,14H2,(H,35,38)/t23-/m1/s1. The summed E-state index contributed by atoms with van der Waals surface area (Å²) in [4.78, 5) is 27.3. The van der Waals surface area contributed by atoms with Gasteiger partial charge in [-0.1, -0.05) is 0 Å². The lowest BCUT2D eigenvalue weighted by Crippen LogP contribution is -2.27. The van der Waals surface area contributed by atoms with E-state index < -0.39 is 50.7 Å². The van der Waals surface area contributed by atoms with Crippen molar-refractivity contribution in [3.63, 3.8) is 0 Å². The first-order valence-electron chi connectivity index (χ1n) is 13.2. The Bertz CT molecular complexity index is 1840. The predicted molar refractivity (Wildman–Crippen MR) is 145 cm³/mol. The van der Waals surface area contributed by atoms with Crippen LogP contribution in [0.15, 0.2) is 53.7 Å². The topological polar surface area (TPSA) is 124 Å². The van der Waals surface area contributed by atoms with Gasteiger partial charge in [-0.2, -0.15) is 8.78 Å². The van der Waals surface area contributed by atoms with Gasteiger partial charge in [0.2, 0.25) is 15.3 Å². The molecular formula is C28H23F4N5O5S. The number of sulfone groups is 1. The maximum Gasteiger partial charge on any atom is 0.387 e. The molecule has 6 rings (SSSR count). The number of pyridine rings is 3. The van der Waals surface area contributed by atoms with Gasteiger partial charge in [-0.05, 0) is 49.2 Å². The average molecular weight is 618 g/mol. The van der Waals surface area contributed by atoms with Gasteiger partial charge < -0.3 is 19.7 Å². The van der Waals surface area contributed by atoms with E-state index in [-0.39, 0.29) is 24.5 Å². The number of hydrogen-bond acceptors (Lipinski definition) is 9. The number of hydrogen-bond donors (Lipinski definition) is 1. The van der Waals surface area contributed by atoms with Gasteiger partial charge >= 0.3 is 6.61 Å². The summed E-state index contributed by atoms with van der Waals surface area (Å²) < 4.78 is 89.5. The first-order chi connectivity index (χ1) is 20.6. The number of ether oxygens (including phenoxy) is 2. The molecule has 1 aromatic carbocycles. The van der Waals surface area contributed by atoms with Crippen molar-refractivity contribution >= 4 is 38.3 Å². The van der Waals surface area contributed by atoms with Crippen LogP contribution >= 0.6 is 0 Å². The van der Waals surface area contributed by atoms with Gasteiger partial charge in [-0.25, -0.2) is 27.2 Å². The van der Waals surface area contributed by atoms with E-state index in [0.717, 1.165) is 12.1 Å². The molecule has 1 atom stereocenters. The van der Waals surface area contributed by atoms with E-state index in [1.807, 2.05) is 4.90 Å². The number of carbonyl (C=O) groups excluding carboxylic acids is 1. The molecule has 2 aliphatic heterocycles. The SMILES string of the molecule is O=C(NCc1cc2nc(N3CCCc4c(OC(F)F)ccnc43)ccc2cn1)c1cc(F)c2c(c1)S(=O)(=O)[C@@H](F)CCO2. The number of aromatic nitrogens is 3. The molecule has 10 nitrogen and oxygen atoms in total. The number of nitrogens with zero attached hydrogens (tertiary/aromatic N) is 4. The van der Waals surface area contributed by atoms with Crippen LogP contribution < -0.4 is 19.7 Å². The molecule has 4 aromatic rings. The summed E-state index contributed by atoms with van der Waals surface area (Å²) in [5, 5.41) is 3.25. The van der Waals surface area contributed by atoms with E-state index in [0.29, 0.717) is 53.2 Å². The van der Waals surface area contributed by atoms with Crippen molar-refractivity contribution in [1.82, 2.24) is 20.3 Å². The molecule has 15 heteroatoms. The minimum atomic E-state index is -4.55. The maximum absolute atomic E-state index is 14.7. The summed E-state index contributed by atoms with van der Waals surface area (Å²) in [6, 6.07) is 8.31. The monoisotopic (exact) mass is 617 g/mol. The number of benzene rings is 1. The number of rotatable bonds is 6. The lowest BCUT2D eigenvalue weighted by atomic mass is 10.0. The van der Waals surface area contributed by atoms with E-state index in [9.17, 15) is 30.8 Å². The Morgan fingerprint density at radius 1 is 1.19 bits per heavy atom. The van der Waals surface area contributed by atoms with Crippen molar-refractivity contribution in [2.24, 2.45) is 0 Å². The van der Waals surface area contributed by atoms with E-state index in [4.69, 9.17) is 9.72 Å². The minimum absolute atomic E-state index is 0.0664. The van der Waals surface area contributed by atoms with Crippen molar-refractivity contribution in [2.45, 2.75) is 42.8 Å². The quantitative estimate of drug-likeness (QED) is 0.309. The highest BCUT2D eigenvalue weighted by atomic mass is 32.2. The summed E-state index contributed by atoms with van der Waals surface area (Å²) in [6.07, 6.45) is 3.67. The molecule has 0 unspecified atom stereocenters. The third-order valence-electron chi connectivity index (χ3n) is 7.10. The molecule has 2 aliphatic rings. The van der Waals surface area contributed by atoms with Crippen molar-refractivity contribution in [3.8, 4) is 11.5 Å². The van der Waals surface area contributed by atoms with Gasteiger partial charge in [-0.15, -0.1) is 0 Å². The Morgan fingerprint density at radius 2 is 2.02 bits per heavy atom. The zero-order valence-corrected chi connectivity index (χ0v) is 23.1. The number of amides is 1. The Morgan fingerprint density at radius 3 is 2.84 bits per heavy atom. The van der Waals surface area contributed by atoms with E-state index in [2.05, 4.69) is 20.0 Å². The summed E-state index contributed by atoms with van der Waals surface area (Å²) >= 11 is 0. The van der Waals surface area contributed by atoms with Crippen molar-refractivity contribution in [3.05, 3.63) is 71.4 Å². The van der Waals surface area contributed by atoms with Crippen molar-refractivity contribution < 1.29 is 40.2 Å². The molecule has 3 aromatic heterocycles. The van der Waals surface area contributed by atoms with Gasteiger partial charge in [0.05, 0.1) is 24.4 Å². The van der Waals surface area contributed by atoms with E-state index in [1.54, 1.807) is 24.4 Å². The van der Waals surface area contributed by atoms with Crippen LogP contribution in [0.4, 0.5) is 29.2 Å². The lowest BCUT2D eigenvalue weighted by Gasteiger charge is -2.30. The van der Waals surface area contributed by atoms with Gasteiger partial charge in [0.25, 0.3) is 5.91 Å². The average Bonchev–Trinajstić information content (AvgIpc) is 3.10. The molecule has 0 spiro atoms.